The van der Waals surface area contributed by atoms with Gasteiger partial charge in [0.05, 0.1) is 17.8 Å². The van der Waals surface area contributed by atoms with Gasteiger partial charge in [-0.1, -0.05) is 18.2 Å². The van der Waals surface area contributed by atoms with Crippen molar-refractivity contribution >= 4 is 23.1 Å². The second kappa shape index (κ2) is 7.63. The molecule has 0 saturated heterocycles. The van der Waals surface area contributed by atoms with Crippen molar-refractivity contribution in [3.8, 4) is 6.07 Å². The van der Waals surface area contributed by atoms with E-state index in [-0.39, 0.29) is 18.2 Å². The van der Waals surface area contributed by atoms with E-state index in [9.17, 15) is 14.9 Å². The summed E-state index contributed by atoms with van der Waals surface area (Å²) in [6, 6.07) is 12.8. The Morgan fingerprint density at radius 3 is 2.36 bits per heavy atom. The number of nitriles is 1. The minimum atomic E-state index is -0.183. The molecule has 5 nitrogen and oxygen atoms in total. The van der Waals surface area contributed by atoms with Gasteiger partial charge in [-0.05, 0) is 50.1 Å². The Bertz CT molecular complexity index is 845. The smallest absolute Gasteiger partial charge is 0.243 e. The van der Waals surface area contributed by atoms with E-state index < -0.39 is 0 Å². The number of aryl methyl sites for hydroxylation is 2. The first-order valence-corrected chi connectivity index (χ1v) is 7.95. The highest BCUT2D eigenvalue weighted by atomic mass is 16.2. The minimum Gasteiger partial charge on any atom is -0.364 e. The predicted molar refractivity (Wildman–Crippen MR) is 99.0 cm³/mol. The Labute approximate surface area is 147 Å². The number of rotatable bonds is 5. The number of anilines is 2. The van der Waals surface area contributed by atoms with E-state index in [0.29, 0.717) is 16.8 Å². The van der Waals surface area contributed by atoms with Crippen LogP contribution in [0, 0.1) is 25.2 Å². The van der Waals surface area contributed by atoms with Crippen molar-refractivity contribution < 1.29 is 9.59 Å². The lowest BCUT2D eigenvalue weighted by Crippen LogP contribution is -2.31. The largest absolute Gasteiger partial charge is 0.364 e. The lowest BCUT2D eigenvalue weighted by atomic mass is 10.1. The molecule has 0 aromatic heterocycles. The number of hydrogen-bond donors (Lipinski definition) is 1. The van der Waals surface area contributed by atoms with Gasteiger partial charge in [-0.25, -0.2) is 0 Å². The van der Waals surface area contributed by atoms with Crippen molar-refractivity contribution in [3.63, 3.8) is 0 Å². The quantitative estimate of drug-likeness (QED) is 0.849. The van der Waals surface area contributed by atoms with Crippen LogP contribution in [0.3, 0.4) is 0 Å². The minimum absolute atomic E-state index is 0.0732. The number of carbonyl (C=O) groups is 2. The van der Waals surface area contributed by atoms with E-state index in [1.807, 2.05) is 32.0 Å². The summed E-state index contributed by atoms with van der Waals surface area (Å²) < 4.78 is 0. The molecule has 128 valence electrons. The second-order valence-electron chi connectivity index (χ2n) is 6.07. The van der Waals surface area contributed by atoms with Crippen LogP contribution in [-0.4, -0.2) is 25.3 Å². The first kappa shape index (κ1) is 18.2. The Morgan fingerprint density at radius 1 is 1.16 bits per heavy atom. The van der Waals surface area contributed by atoms with E-state index in [4.69, 9.17) is 0 Å². The number of ketones is 1. The molecule has 1 N–H and O–H groups in total. The summed E-state index contributed by atoms with van der Waals surface area (Å²) in [6.45, 7) is 5.43. The number of Topliss-reactive ketones (excluding diaryl/α,β-unsaturated/α-hetero) is 1. The fraction of sp³-hybridized carbons (Fsp3) is 0.250. The fourth-order valence-corrected chi connectivity index (χ4v) is 2.65. The summed E-state index contributed by atoms with van der Waals surface area (Å²) in [5.74, 6) is -0.267. The van der Waals surface area contributed by atoms with Crippen molar-refractivity contribution in [2.75, 3.05) is 23.8 Å². The maximum Gasteiger partial charge on any atom is 0.243 e. The normalized spacial score (nSPS) is 10.0. The number of para-hydroxylation sites is 1. The molecule has 25 heavy (non-hydrogen) atoms. The molecule has 2 aromatic rings. The zero-order chi connectivity index (χ0) is 18.6. The van der Waals surface area contributed by atoms with Gasteiger partial charge in [-0.2, -0.15) is 5.26 Å². The molecule has 2 aromatic carbocycles. The Hall–Kier alpha value is -3.13. The first-order valence-electron chi connectivity index (χ1n) is 7.95. The van der Waals surface area contributed by atoms with Gasteiger partial charge >= 0.3 is 0 Å². The summed E-state index contributed by atoms with van der Waals surface area (Å²) in [7, 11) is 1.73. The standard InChI is InChI=1S/C20H21N3O2/c1-13-6-5-7-14(2)20(13)22-19(25)12-23(4)18-10-16(15(3)24)8-9-17(18)11-21/h5-10H,12H2,1-4H3,(H,22,25). The van der Waals surface area contributed by atoms with Gasteiger partial charge in [0.15, 0.2) is 5.78 Å². The fourth-order valence-electron chi connectivity index (χ4n) is 2.65. The summed E-state index contributed by atoms with van der Waals surface area (Å²) in [4.78, 5) is 25.7. The number of nitrogens with zero attached hydrogens (tertiary/aromatic N) is 2. The van der Waals surface area contributed by atoms with E-state index in [0.717, 1.165) is 16.8 Å². The molecular formula is C20H21N3O2. The predicted octanol–water partition coefficient (Wildman–Crippen LogP) is 3.45. The third-order valence-corrected chi connectivity index (χ3v) is 4.06. The third-order valence-electron chi connectivity index (χ3n) is 4.06. The first-order chi connectivity index (χ1) is 11.8. The summed E-state index contributed by atoms with van der Waals surface area (Å²) >= 11 is 0. The van der Waals surface area contributed by atoms with E-state index in [2.05, 4.69) is 11.4 Å². The highest BCUT2D eigenvalue weighted by Gasteiger charge is 2.14. The average molecular weight is 335 g/mol. The summed E-state index contributed by atoms with van der Waals surface area (Å²) in [5.41, 5.74) is 4.29. The van der Waals surface area contributed by atoms with E-state index in [1.165, 1.54) is 6.92 Å². The third kappa shape index (κ3) is 4.24. The van der Waals surface area contributed by atoms with Crippen LogP contribution in [0.1, 0.15) is 34.0 Å². The maximum atomic E-state index is 12.4. The lowest BCUT2D eigenvalue weighted by Gasteiger charge is -2.21. The Morgan fingerprint density at radius 2 is 1.80 bits per heavy atom. The molecule has 0 bridgehead atoms. The van der Waals surface area contributed by atoms with Crippen LogP contribution in [0.5, 0.6) is 0 Å². The molecule has 2 rings (SSSR count). The number of amides is 1. The van der Waals surface area contributed by atoms with Gasteiger partial charge in [-0.15, -0.1) is 0 Å². The van der Waals surface area contributed by atoms with Crippen LogP contribution >= 0.6 is 0 Å². The molecule has 0 spiro atoms. The van der Waals surface area contributed by atoms with Crippen LogP contribution in [0.25, 0.3) is 0 Å². The van der Waals surface area contributed by atoms with Crippen molar-refractivity contribution in [2.45, 2.75) is 20.8 Å². The van der Waals surface area contributed by atoms with Gasteiger partial charge in [-0.3, -0.25) is 9.59 Å². The van der Waals surface area contributed by atoms with Crippen molar-refractivity contribution in [1.82, 2.24) is 0 Å². The van der Waals surface area contributed by atoms with Crippen molar-refractivity contribution in [3.05, 3.63) is 58.7 Å². The highest BCUT2D eigenvalue weighted by molar-refractivity contribution is 5.97. The molecule has 0 saturated carbocycles. The molecule has 0 radical (unpaired) electrons. The SMILES string of the molecule is CC(=O)c1ccc(C#N)c(N(C)CC(=O)Nc2c(C)cccc2C)c1. The van der Waals surface area contributed by atoms with Crippen molar-refractivity contribution in [2.24, 2.45) is 0 Å². The molecule has 0 aliphatic heterocycles. The van der Waals surface area contributed by atoms with Gasteiger partial charge in [0, 0.05) is 18.3 Å². The van der Waals surface area contributed by atoms with Crippen molar-refractivity contribution in [1.29, 1.82) is 5.26 Å². The molecule has 0 unspecified atom stereocenters. The zero-order valence-corrected chi connectivity index (χ0v) is 14.9. The van der Waals surface area contributed by atoms with Gasteiger partial charge < -0.3 is 10.2 Å². The van der Waals surface area contributed by atoms with Gasteiger partial charge in [0.25, 0.3) is 0 Å². The monoisotopic (exact) mass is 335 g/mol. The van der Waals surface area contributed by atoms with Crippen LogP contribution in [0.2, 0.25) is 0 Å². The summed E-state index contributed by atoms with van der Waals surface area (Å²) in [6.07, 6.45) is 0. The number of carbonyl (C=O) groups excluding carboxylic acids is 2. The number of benzene rings is 2. The molecule has 0 aliphatic rings. The number of hydrogen-bond acceptors (Lipinski definition) is 4. The molecular weight excluding hydrogens is 314 g/mol. The number of likely N-dealkylation sites (N-methyl/N-ethyl adjacent to an activating group) is 1. The number of nitrogens with one attached hydrogen (secondary N) is 1. The zero-order valence-electron chi connectivity index (χ0n) is 14.9. The highest BCUT2D eigenvalue weighted by Crippen LogP contribution is 2.22. The molecule has 1 amide bonds. The van der Waals surface area contributed by atoms with Crippen LogP contribution in [0.15, 0.2) is 36.4 Å². The van der Waals surface area contributed by atoms with E-state index >= 15 is 0 Å². The molecule has 0 aliphatic carbocycles. The maximum absolute atomic E-state index is 12.4. The van der Waals surface area contributed by atoms with Crippen LogP contribution in [-0.2, 0) is 4.79 Å². The van der Waals surface area contributed by atoms with E-state index in [1.54, 1.807) is 30.1 Å². The average Bonchev–Trinajstić information content (AvgIpc) is 2.57. The molecule has 0 heterocycles. The molecule has 0 atom stereocenters. The van der Waals surface area contributed by atoms with Crippen LogP contribution in [0.4, 0.5) is 11.4 Å². The van der Waals surface area contributed by atoms with Gasteiger partial charge in [0.2, 0.25) is 5.91 Å². The summed E-state index contributed by atoms with van der Waals surface area (Å²) in [5, 5.41) is 12.2. The topological polar surface area (TPSA) is 73.2 Å². The lowest BCUT2D eigenvalue weighted by molar-refractivity contribution is -0.114. The van der Waals surface area contributed by atoms with Gasteiger partial charge in [0.1, 0.15) is 6.07 Å². The Kier molecular flexibility index (Phi) is 5.56. The Balaban J connectivity index is 2.20. The molecule has 0 fully saturated rings. The molecule has 5 heteroatoms. The van der Waals surface area contributed by atoms with Crippen LogP contribution < -0.4 is 10.2 Å². The second-order valence-corrected chi connectivity index (χ2v) is 6.07.